The first-order valence-corrected chi connectivity index (χ1v) is 7.03. The van der Waals surface area contributed by atoms with E-state index in [1.165, 1.54) is 25.7 Å². The summed E-state index contributed by atoms with van der Waals surface area (Å²) in [5, 5.41) is 4.02. The molecule has 0 aromatic carbocycles. The molecule has 4 rings (SSSR count). The molecular formula is C14H16N4O2. The number of hydrogen-bond acceptors (Lipinski definition) is 4. The number of primary amides is 1. The van der Waals surface area contributed by atoms with Crippen molar-refractivity contribution in [1.29, 1.82) is 0 Å². The SMILES string of the molecule is NC(=O)c1c[nH]c(-c2noc([C@H]3C[C@H]4CC[C@H]3C4)n2)c1. The van der Waals surface area contributed by atoms with E-state index >= 15 is 0 Å². The molecule has 3 atom stereocenters. The Morgan fingerprint density at radius 3 is 2.95 bits per heavy atom. The summed E-state index contributed by atoms with van der Waals surface area (Å²) in [6, 6.07) is 1.65. The lowest BCUT2D eigenvalue weighted by Crippen LogP contribution is -2.09. The molecule has 104 valence electrons. The van der Waals surface area contributed by atoms with Gasteiger partial charge in [-0.25, -0.2) is 0 Å². The largest absolute Gasteiger partial charge is 0.366 e. The van der Waals surface area contributed by atoms with Crippen LogP contribution in [0.25, 0.3) is 11.5 Å². The molecule has 2 aliphatic carbocycles. The Morgan fingerprint density at radius 1 is 1.40 bits per heavy atom. The van der Waals surface area contributed by atoms with Crippen LogP contribution in [0.5, 0.6) is 0 Å². The first-order chi connectivity index (χ1) is 9.70. The molecule has 2 aromatic heterocycles. The maximum absolute atomic E-state index is 11.1. The first-order valence-electron chi connectivity index (χ1n) is 7.03. The van der Waals surface area contributed by atoms with Crippen molar-refractivity contribution in [3.63, 3.8) is 0 Å². The highest BCUT2D eigenvalue weighted by atomic mass is 16.5. The van der Waals surface area contributed by atoms with Gasteiger partial charge in [-0.15, -0.1) is 0 Å². The minimum Gasteiger partial charge on any atom is -0.366 e. The van der Waals surface area contributed by atoms with Crippen molar-refractivity contribution in [2.45, 2.75) is 31.6 Å². The van der Waals surface area contributed by atoms with Crippen LogP contribution in [0.15, 0.2) is 16.8 Å². The Bertz CT molecular complexity index is 660. The second kappa shape index (κ2) is 4.19. The predicted molar refractivity (Wildman–Crippen MR) is 70.8 cm³/mol. The van der Waals surface area contributed by atoms with Gasteiger partial charge in [-0.05, 0) is 37.2 Å². The number of aromatic nitrogens is 3. The molecule has 0 radical (unpaired) electrons. The van der Waals surface area contributed by atoms with Crippen molar-refractivity contribution in [2.75, 3.05) is 0 Å². The van der Waals surface area contributed by atoms with Crippen molar-refractivity contribution in [1.82, 2.24) is 15.1 Å². The van der Waals surface area contributed by atoms with Gasteiger partial charge in [-0.3, -0.25) is 4.79 Å². The highest BCUT2D eigenvalue weighted by molar-refractivity contribution is 5.93. The van der Waals surface area contributed by atoms with Gasteiger partial charge in [-0.1, -0.05) is 11.6 Å². The lowest BCUT2D eigenvalue weighted by molar-refractivity contribution is 0.100. The molecular weight excluding hydrogens is 256 g/mol. The van der Waals surface area contributed by atoms with Gasteiger partial charge in [0.05, 0.1) is 11.3 Å². The van der Waals surface area contributed by atoms with Gasteiger partial charge in [0.15, 0.2) is 0 Å². The number of nitrogens with two attached hydrogens (primary N) is 1. The molecule has 6 nitrogen and oxygen atoms in total. The van der Waals surface area contributed by atoms with Crippen molar-refractivity contribution in [3.8, 4) is 11.5 Å². The Morgan fingerprint density at radius 2 is 2.30 bits per heavy atom. The number of nitrogens with zero attached hydrogens (tertiary/aromatic N) is 2. The van der Waals surface area contributed by atoms with Gasteiger partial charge in [-0.2, -0.15) is 4.98 Å². The second-order valence-corrected chi connectivity index (χ2v) is 5.90. The average Bonchev–Trinajstić information content (AvgIpc) is 3.20. The number of amides is 1. The molecule has 2 saturated carbocycles. The number of fused-ring (bicyclic) bond motifs is 2. The van der Waals surface area contributed by atoms with E-state index in [0.29, 0.717) is 28.9 Å². The molecule has 0 unspecified atom stereocenters. The first kappa shape index (κ1) is 11.7. The molecule has 0 saturated heterocycles. The van der Waals surface area contributed by atoms with Crippen LogP contribution in [0.4, 0.5) is 0 Å². The zero-order chi connectivity index (χ0) is 13.7. The molecule has 0 aliphatic heterocycles. The van der Waals surface area contributed by atoms with Crippen LogP contribution in [0.1, 0.15) is 47.8 Å². The Labute approximate surface area is 115 Å². The molecule has 20 heavy (non-hydrogen) atoms. The molecule has 2 aromatic rings. The molecule has 2 aliphatic rings. The standard InChI is InChI=1S/C14H16N4O2/c15-12(19)9-5-11(16-6-9)13-17-14(20-18-13)10-4-7-1-2-8(10)3-7/h5-8,10,16H,1-4H2,(H2,15,19)/t7-,8-,10-/m0/s1. The summed E-state index contributed by atoms with van der Waals surface area (Å²) in [6.07, 6.45) is 6.66. The predicted octanol–water partition coefficient (Wildman–Crippen LogP) is 2.07. The van der Waals surface area contributed by atoms with Crippen LogP contribution in [-0.4, -0.2) is 21.0 Å². The van der Waals surface area contributed by atoms with E-state index in [9.17, 15) is 4.79 Å². The fraction of sp³-hybridized carbons (Fsp3) is 0.500. The van der Waals surface area contributed by atoms with E-state index in [1.54, 1.807) is 12.3 Å². The third-order valence-corrected chi connectivity index (χ3v) is 4.71. The fourth-order valence-corrected chi connectivity index (χ4v) is 3.71. The van der Waals surface area contributed by atoms with E-state index in [1.807, 2.05) is 0 Å². The van der Waals surface area contributed by atoms with Crippen molar-refractivity contribution >= 4 is 5.91 Å². The summed E-state index contributed by atoms with van der Waals surface area (Å²) in [5.74, 6) is 2.73. The van der Waals surface area contributed by atoms with Crippen LogP contribution < -0.4 is 5.73 Å². The van der Waals surface area contributed by atoms with E-state index < -0.39 is 5.91 Å². The number of carbonyl (C=O) groups excluding carboxylic acids is 1. The van der Waals surface area contributed by atoms with Gasteiger partial charge < -0.3 is 15.2 Å². The summed E-state index contributed by atoms with van der Waals surface area (Å²) in [7, 11) is 0. The van der Waals surface area contributed by atoms with Crippen LogP contribution in [-0.2, 0) is 0 Å². The quantitative estimate of drug-likeness (QED) is 0.893. The molecule has 0 spiro atoms. The Balaban J connectivity index is 1.60. The third kappa shape index (κ3) is 1.75. The van der Waals surface area contributed by atoms with E-state index in [4.69, 9.17) is 10.3 Å². The normalized spacial score (nSPS) is 28.1. The minimum absolute atomic E-state index is 0.417. The number of H-pyrrole nitrogens is 1. The van der Waals surface area contributed by atoms with Crippen LogP contribution in [0, 0.1) is 11.8 Å². The number of nitrogens with one attached hydrogen (secondary N) is 1. The summed E-state index contributed by atoms with van der Waals surface area (Å²) in [5.41, 5.74) is 6.31. The Kier molecular flexibility index (Phi) is 2.45. The fourth-order valence-electron chi connectivity index (χ4n) is 3.71. The Hall–Kier alpha value is -2.11. The van der Waals surface area contributed by atoms with Gasteiger partial charge in [0.25, 0.3) is 0 Å². The lowest BCUT2D eigenvalue weighted by Gasteiger charge is -2.16. The zero-order valence-corrected chi connectivity index (χ0v) is 11.0. The van der Waals surface area contributed by atoms with E-state index in [-0.39, 0.29) is 0 Å². The van der Waals surface area contributed by atoms with Gasteiger partial charge >= 0.3 is 0 Å². The van der Waals surface area contributed by atoms with Crippen molar-refractivity contribution in [2.24, 2.45) is 17.6 Å². The maximum Gasteiger partial charge on any atom is 0.250 e. The summed E-state index contributed by atoms with van der Waals surface area (Å²) in [4.78, 5) is 18.5. The van der Waals surface area contributed by atoms with E-state index in [2.05, 4.69) is 15.1 Å². The summed E-state index contributed by atoms with van der Waals surface area (Å²) < 4.78 is 5.43. The number of aromatic amines is 1. The van der Waals surface area contributed by atoms with Crippen LogP contribution in [0.2, 0.25) is 0 Å². The molecule has 3 N–H and O–H groups in total. The highest BCUT2D eigenvalue weighted by Crippen LogP contribution is 2.52. The van der Waals surface area contributed by atoms with E-state index in [0.717, 1.165) is 11.8 Å². The monoisotopic (exact) mass is 272 g/mol. The maximum atomic E-state index is 11.1. The van der Waals surface area contributed by atoms with Gasteiger partial charge in [0.2, 0.25) is 17.6 Å². The molecule has 2 bridgehead atoms. The molecule has 1 amide bonds. The van der Waals surface area contributed by atoms with Crippen LogP contribution >= 0.6 is 0 Å². The number of hydrogen-bond donors (Lipinski definition) is 2. The topological polar surface area (TPSA) is 97.8 Å². The smallest absolute Gasteiger partial charge is 0.250 e. The minimum atomic E-state index is -0.468. The molecule has 2 heterocycles. The average molecular weight is 272 g/mol. The molecule has 2 fully saturated rings. The third-order valence-electron chi connectivity index (χ3n) is 4.71. The summed E-state index contributed by atoms with van der Waals surface area (Å²) >= 11 is 0. The highest BCUT2D eigenvalue weighted by Gasteiger charge is 2.42. The number of rotatable bonds is 3. The van der Waals surface area contributed by atoms with Crippen molar-refractivity contribution in [3.05, 3.63) is 23.7 Å². The summed E-state index contributed by atoms with van der Waals surface area (Å²) in [6.45, 7) is 0. The van der Waals surface area contributed by atoms with Gasteiger partial charge in [0, 0.05) is 12.1 Å². The van der Waals surface area contributed by atoms with Crippen LogP contribution in [0.3, 0.4) is 0 Å². The lowest BCUT2D eigenvalue weighted by atomic mass is 9.89. The zero-order valence-electron chi connectivity index (χ0n) is 11.0. The van der Waals surface area contributed by atoms with Crippen molar-refractivity contribution < 1.29 is 9.32 Å². The second-order valence-electron chi connectivity index (χ2n) is 5.90. The van der Waals surface area contributed by atoms with Gasteiger partial charge in [0.1, 0.15) is 0 Å². The molecule has 6 heteroatoms. The number of carbonyl (C=O) groups is 1.